The minimum absolute atomic E-state index is 0.0897. The summed E-state index contributed by atoms with van der Waals surface area (Å²) in [5.74, 6) is 2.19. The van der Waals surface area contributed by atoms with Crippen molar-refractivity contribution in [2.45, 2.75) is 5.16 Å². The van der Waals surface area contributed by atoms with E-state index in [0.717, 1.165) is 18.8 Å². The van der Waals surface area contributed by atoms with Crippen molar-refractivity contribution in [2.24, 2.45) is 0 Å². The van der Waals surface area contributed by atoms with E-state index in [1.807, 2.05) is 64.1 Å². The molecule has 1 saturated heterocycles. The number of rotatable bonds is 7. The second-order valence-corrected chi connectivity index (χ2v) is 8.73. The summed E-state index contributed by atoms with van der Waals surface area (Å²) in [6.45, 7) is 3.04. The molecule has 1 aliphatic heterocycles. The maximum Gasteiger partial charge on any atom is 0.233 e. The van der Waals surface area contributed by atoms with E-state index in [0.29, 0.717) is 35.6 Å². The number of amides is 1. The normalized spacial score (nSPS) is 13.8. The predicted molar refractivity (Wildman–Crippen MR) is 132 cm³/mol. The largest absolute Gasteiger partial charge is 0.495 e. The number of piperazine rings is 1. The minimum atomic E-state index is 0.0897. The first-order valence-corrected chi connectivity index (χ1v) is 12.1. The van der Waals surface area contributed by atoms with Gasteiger partial charge in [0.2, 0.25) is 11.7 Å². The van der Waals surface area contributed by atoms with Crippen LogP contribution in [0, 0.1) is 0 Å². The maximum atomic E-state index is 13.0. The molecule has 3 heterocycles. The molecule has 1 amide bonds. The fraction of sp³-hybridized carbons (Fsp3) is 0.240. The summed E-state index contributed by atoms with van der Waals surface area (Å²) in [6, 6.07) is 21.6. The third kappa shape index (κ3) is 4.51. The fourth-order valence-corrected chi connectivity index (χ4v) is 4.88. The van der Waals surface area contributed by atoms with Gasteiger partial charge in [-0.1, -0.05) is 42.1 Å². The van der Waals surface area contributed by atoms with Crippen LogP contribution in [-0.4, -0.2) is 64.6 Å². The minimum Gasteiger partial charge on any atom is -0.495 e. The Hall–Kier alpha value is -3.72. The zero-order valence-electron chi connectivity index (χ0n) is 18.8. The van der Waals surface area contributed by atoms with E-state index in [-0.39, 0.29) is 11.7 Å². The molecule has 8 nitrogen and oxygen atoms in total. The molecular formula is C25H25N5O3S. The van der Waals surface area contributed by atoms with Gasteiger partial charge < -0.3 is 19.0 Å². The Morgan fingerprint density at radius 1 is 0.971 bits per heavy atom. The highest BCUT2D eigenvalue weighted by molar-refractivity contribution is 7.99. The number of thioether (sulfide) groups is 1. The van der Waals surface area contributed by atoms with Crippen molar-refractivity contribution in [3.63, 3.8) is 0 Å². The Labute approximate surface area is 202 Å². The van der Waals surface area contributed by atoms with Crippen molar-refractivity contribution in [1.29, 1.82) is 0 Å². The second kappa shape index (κ2) is 10.0. The summed E-state index contributed by atoms with van der Waals surface area (Å²) in [5.41, 5.74) is 1.98. The van der Waals surface area contributed by atoms with Crippen LogP contribution >= 0.6 is 11.8 Å². The molecule has 0 unspecified atom stereocenters. The van der Waals surface area contributed by atoms with E-state index < -0.39 is 0 Å². The average Bonchev–Trinajstić information content (AvgIpc) is 3.58. The van der Waals surface area contributed by atoms with Crippen LogP contribution in [0.1, 0.15) is 0 Å². The fourth-order valence-electron chi connectivity index (χ4n) is 4.03. The topological polar surface area (TPSA) is 76.6 Å². The first-order valence-electron chi connectivity index (χ1n) is 11.1. The van der Waals surface area contributed by atoms with Gasteiger partial charge in [-0.15, -0.1) is 10.2 Å². The molecule has 4 aromatic rings. The molecular weight excluding hydrogens is 450 g/mol. The lowest BCUT2D eigenvalue weighted by Gasteiger charge is -2.36. The smallest absolute Gasteiger partial charge is 0.233 e. The third-order valence-electron chi connectivity index (χ3n) is 5.78. The molecule has 1 fully saturated rings. The second-order valence-electron chi connectivity index (χ2n) is 7.78. The van der Waals surface area contributed by atoms with Crippen molar-refractivity contribution >= 4 is 23.4 Å². The van der Waals surface area contributed by atoms with Crippen LogP contribution in [0.3, 0.4) is 0 Å². The van der Waals surface area contributed by atoms with Crippen molar-refractivity contribution in [1.82, 2.24) is 19.7 Å². The van der Waals surface area contributed by atoms with Gasteiger partial charge in [0.05, 0.1) is 24.8 Å². The Kier molecular flexibility index (Phi) is 6.53. The highest BCUT2D eigenvalue weighted by atomic mass is 32.2. The highest BCUT2D eigenvalue weighted by Crippen LogP contribution is 2.32. The number of para-hydroxylation sites is 3. The van der Waals surface area contributed by atoms with Crippen molar-refractivity contribution in [3.05, 3.63) is 73.0 Å². The number of benzene rings is 2. The van der Waals surface area contributed by atoms with E-state index in [1.165, 1.54) is 17.4 Å². The molecule has 0 spiro atoms. The molecule has 0 aliphatic carbocycles. The van der Waals surface area contributed by atoms with E-state index in [9.17, 15) is 4.79 Å². The monoisotopic (exact) mass is 475 g/mol. The number of carbonyl (C=O) groups excluding carboxylic acids is 1. The number of carbonyl (C=O) groups is 1. The van der Waals surface area contributed by atoms with Crippen LogP contribution in [0.5, 0.6) is 5.75 Å². The lowest BCUT2D eigenvalue weighted by atomic mass is 10.2. The van der Waals surface area contributed by atoms with Crippen LogP contribution in [0.2, 0.25) is 0 Å². The molecule has 34 heavy (non-hydrogen) atoms. The number of aromatic nitrogens is 3. The van der Waals surface area contributed by atoms with Gasteiger partial charge in [-0.25, -0.2) is 0 Å². The molecule has 9 heteroatoms. The van der Waals surface area contributed by atoms with Crippen LogP contribution in [0.15, 0.2) is 82.6 Å². The van der Waals surface area contributed by atoms with Gasteiger partial charge in [0, 0.05) is 31.9 Å². The van der Waals surface area contributed by atoms with Gasteiger partial charge in [0.15, 0.2) is 10.9 Å². The standard InChI is InChI=1S/C25H25N5O3S/c1-32-21-11-6-5-10-20(21)30-24(22-12-7-17-33-22)26-27-25(30)34-18-23(31)29-15-13-28(14-16-29)19-8-3-2-4-9-19/h2-12,17H,13-16,18H2,1H3. The Balaban J connectivity index is 1.31. The van der Waals surface area contributed by atoms with Crippen molar-refractivity contribution < 1.29 is 13.9 Å². The molecule has 5 rings (SSSR count). The van der Waals surface area contributed by atoms with E-state index in [4.69, 9.17) is 9.15 Å². The Morgan fingerprint density at radius 2 is 1.74 bits per heavy atom. The first-order chi connectivity index (χ1) is 16.7. The molecule has 0 saturated carbocycles. The summed E-state index contributed by atoms with van der Waals surface area (Å²) >= 11 is 1.37. The highest BCUT2D eigenvalue weighted by Gasteiger charge is 2.24. The number of methoxy groups -OCH3 is 1. The Bertz CT molecular complexity index is 1230. The van der Waals surface area contributed by atoms with Gasteiger partial charge in [0.1, 0.15) is 5.75 Å². The van der Waals surface area contributed by atoms with Gasteiger partial charge in [-0.2, -0.15) is 0 Å². The molecule has 1 aliphatic rings. The van der Waals surface area contributed by atoms with Crippen LogP contribution in [0.4, 0.5) is 5.69 Å². The van der Waals surface area contributed by atoms with Gasteiger partial charge in [-0.3, -0.25) is 9.36 Å². The zero-order valence-corrected chi connectivity index (χ0v) is 19.6. The summed E-state index contributed by atoms with van der Waals surface area (Å²) in [7, 11) is 1.63. The molecule has 0 bridgehead atoms. The molecule has 174 valence electrons. The zero-order chi connectivity index (χ0) is 23.3. The average molecular weight is 476 g/mol. The predicted octanol–water partition coefficient (Wildman–Crippen LogP) is 3.98. The molecule has 0 N–H and O–H groups in total. The van der Waals surface area contributed by atoms with Gasteiger partial charge in [0.25, 0.3) is 0 Å². The number of hydrogen-bond donors (Lipinski definition) is 0. The van der Waals surface area contributed by atoms with Gasteiger partial charge in [-0.05, 0) is 36.4 Å². The molecule has 2 aromatic heterocycles. The van der Waals surface area contributed by atoms with Crippen LogP contribution < -0.4 is 9.64 Å². The molecule has 2 aromatic carbocycles. The summed E-state index contributed by atoms with van der Waals surface area (Å²) in [4.78, 5) is 17.2. The van der Waals surface area contributed by atoms with E-state index in [2.05, 4.69) is 27.2 Å². The number of nitrogens with zero attached hydrogens (tertiary/aromatic N) is 5. The van der Waals surface area contributed by atoms with E-state index in [1.54, 1.807) is 13.4 Å². The lowest BCUT2D eigenvalue weighted by Crippen LogP contribution is -2.49. The number of hydrogen-bond acceptors (Lipinski definition) is 7. The van der Waals surface area contributed by atoms with Crippen molar-refractivity contribution in [3.8, 4) is 23.0 Å². The number of furan rings is 1. The van der Waals surface area contributed by atoms with Gasteiger partial charge >= 0.3 is 0 Å². The summed E-state index contributed by atoms with van der Waals surface area (Å²) in [5, 5.41) is 9.33. The summed E-state index contributed by atoms with van der Waals surface area (Å²) < 4.78 is 13.0. The summed E-state index contributed by atoms with van der Waals surface area (Å²) in [6.07, 6.45) is 1.60. The quantitative estimate of drug-likeness (QED) is 0.374. The van der Waals surface area contributed by atoms with Crippen molar-refractivity contribution in [2.75, 3.05) is 43.9 Å². The lowest BCUT2D eigenvalue weighted by molar-refractivity contribution is -0.128. The number of ether oxygens (including phenoxy) is 1. The van der Waals surface area contributed by atoms with Crippen LogP contribution in [0.25, 0.3) is 17.3 Å². The third-order valence-corrected chi connectivity index (χ3v) is 6.69. The van der Waals surface area contributed by atoms with Crippen LogP contribution in [-0.2, 0) is 4.79 Å². The number of anilines is 1. The molecule has 0 radical (unpaired) electrons. The maximum absolute atomic E-state index is 13.0. The van der Waals surface area contributed by atoms with E-state index >= 15 is 0 Å². The SMILES string of the molecule is COc1ccccc1-n1c(SCC(=O)N2CCN(c3ccccc3)CC2)nnc1-c1ccco1. The Morgan fingerprint density at radius 3 is 2.47 bits per heavy atom. The first kappa shape index (κ1) is 22.1. The molecule has 0 atom stereocenters.